The van der Waals surface area contributed by atoms with E-state index in [1.807, 2.05) is 42.5 Å². The van der Waals surface area contributed by atoms with Gasteiger partial charge in [0.15, 0.2) is 11.5 Å². The molecule has 1 N–H and O–H groups in total. The molecule has 36 heavy (non-hydrogen) atoms. The van der Waals surface area contributed by atoms with Crippen LogP contribution in [-0.2, 0) is 13.0 Å². The number of para-hydroxylation sites is 3. The van der Waals surface area contributed by atoms with E-state index in [0.29, 0.717) is 59.7 Å². The molecule has 0 saturated heterocycles. The highest BCUT2D eigenvalue weighted by Gasteiger charge is 2.17. The normalized spacial score (nSPS) is 10.8. The molecule has 4 aromatic rings. The molecule has 8 nitrogen and oxygen atoms in total. The summed E-state index contributed by atoms with van der Waals surface area (Å²) < 4.78 is 24.0. The molecule has 0 unspecified atom stereocenters. The first kappa shape index (κ1) is 25.2. The van der Waals surface area contributed by atoms with E-state index in [1.165, 1.54) is 21.3 Å². The number of carbonyl (C=O) groups is 1. The number of fused-ring (bicyclic) bond motifs is 1. The Kier molecular flexibility index (Phi) is 8.17. The van der Waals surface area contributed by atoms with Gasteiger partial charge in [0.25, 0.3) is 5.91 Å². The van der Waals surface area contributed by atoms with E-state index in [9.17, 15) is 4.79 Å². The molecule has 0 spiro atoms. The molecule has 0 aliphatic heterocycles. The van der Waals surface area contributed by atoms with Crippen molar-refractivity contribution in [1.82, 2.24) is 14.9 Å². The fourth-order valence-electron chi connectivity index (χ4n) is 3.98. The summed E-state index contributed by atoms with van der Waals surface area (Å²) in [6.45, 7) is 1.40. The van der Waals surface area contributed by atoms with Crippen LogP contribution in [0.2, 0.25) is 5.02 Å². The number of hydrogen-bond acceptors (Lipinski definition) is 6. The highest BCUT2D eigenvalue weighted by molar-refractivity contribution is 6.32. The minimum Gasteiger partial charge on any atom is -0.493 e. The minimum absolute atomic E-state index is 0.251. The van der Waals surface area contributed by atoms with Crippen LogP contribution in [0.4, 0.5) is 0 Å². The lowest BCUT2D eigenvalue weighted by molar-refractivity contribution is 0.0953. The number of ether oxygens (including phenoxy) is 4. The first-order chi connectivity index (χ1) is 17.5. The molecule has 3 aromatic carbocycles. The van der Waals surface area contributed by atoms with Gasteiger partial charge in [-0.1, -0.05) is 35.9 Å². The number of methoxy groups -OCH3 is 3. The molecule has 1 aromatic heterocycles. The fourth-order valence-corrected chi connectivity index (χ4v) is 4.17. The van der Waals surface area contributed by atoms with Gasteiger partial charge in [-0.25, -0.2) is 4.98 Å². The Morgan fingerprint density at radius 3 is 2.33 bits per heavy atom. The van der Waals surface area contributed by atoms with Crippen LogP contribution in [0.15, 0.2) is 60.7 Å². The largest absolute Gasteiger partial charge is 0.493 e. The van der Waals surface area contributed by atoms with E-state index in [1.54, 1.807) is 18.2 Å². The Hall–Kier alpha value is -3.91. The van der Waals surface area contributed by atoms with Gasteiger partial charge in [-0.15, -0.1) is 0 Å². The van der Waals surface area contributed by atoms with Crippen LogP contribution in [0.1, 0.15) is 16.2 Å². The Morgan fingerprint density at radius 1 is 0.944 bits per heavy atom. The third-order valence-electron chi connectivity index (χ3n) is 5.70. The third kappa shape index (κ3) is 5.49. The lowest BCUT2D eigenvalue weighted by atomic mass is 10.1. The van der Waals surface area contributed by atoms with E-state index < -0.39 is 0 Å². The van der Waals surface area contributed by atoms with Gasteiger partial charge >= 0.3 is 0 Å². The number of aromatic nitrogens is 2. The number of carbonyl (C=O) groups excluding carboxylic acids is 1. The van der Waals surface area contributed by atoms with Gasteiger partial charge in [0.05, 0.1) is 43.9 Å². The SMILES string of the molecule is COc1cc(C(=O)NCCc2nc3ccccc3n2CCOc2ccccc2Cl)cc(OC)c1OC. The molecule has 1 heterocycles. The number of amides is 1. The second kappa shape index (κ2) is 11.7. The molecule has 0 atom stereocenters. The molecule has 1 amide bonds. The molecule has 0 radical (unpaired) electrons. The molecule has 0 fully saturated rings. The van der Waals surface area contributed by atoms with Crippen LogP contribution in [0.5, 0.6) is 23.0 Å². The van der Waals surface area contributed by atoms with Crippen molar-refractivity contribution in [2.24, 2.45) is 0 Å². The zero-order valence-corrected chi connectivity index (χ0v) is 21.2. The van der Waals surface area contributed by atoms with Crippen LogP contribution in [0, 0.1) is 0 Å². The van der Waals surface area contributed by atoms with Gasteiger partial charge in [-0.2, -0.15) is 0 Å². The van der Waals surface area contributed by atoms with Crippen LogP contribution < -0.4 is 24.3 Å². The third-order valence-corrected chi connectivity index (χ3v) is 6.02. The standard InChI is InChI=1S/C27H28ClN3O5/c1-33-23-16-18(17-24(34-2)26(23)35-3)27(32)29-13-12-25-30-20-9-5-6-10-21(20)31(25)14-15-36-22-11-7-4-8-19(22)28/h4-11,16-17H,12-15H2,1-3H3,(H,29,32). The van der Waals surface area contributed by atoms with Crippen LogP contribution in [-0.4, -0.2) is 49.9 Å². The van der Waals surface area contributed by atoms with Crippen LogP contribution >= 0.6 is 11.6 Å². The summed E-state index contributed by atoms with van der Waals surface area (Å²) >= 11 is 6.21. The molecule has 0 saturated carbocycles. The fraction of sp³-hybridized carbons (Fsp3) is 0.259. The van der Waals surface area contributed by atoms with Gasteiger partial charge in [0.2, 0.25) is 5.75 Å². The summed E-state index contributed by atoms with van der Waals surface area (Å²) in [4.78, 5) is 17.6. The molecule has 188 valence electrons. The lowest BCUT2D eigenvalue weighted by Crippen LogP contribution is -2.27. The summed E-state index contributed by atoms with van der Waals surface area (Å²) in [6, 6.07) is 18.6. The molecule has 9 heteroatoms. The summed E-state index contributed by atoms with van der Waals surface area (Å²) in [5.41, 5.74) is 2.30. The average Bonchev–Trinajstić information content (AvgIpc) is 3.26. The molecule has 0 aliphatic rings. The maximum absolute atomic E-state index is 12.9. The van der Waals surface area contributed by atoms with Crippen LogP contribution in [0.25, 0.3) is 11.0 Å². The van der Waals surface area contributed by atoms with Crippen molar-refractivity contribution in [3.8, 4) is 23.0 Å². The smallest absolute Gasteiger partial charge is 0.251 e. The maximum atomic E-state index is 12.9. The van der Waals surface area contributed by atoms with E-state index in [-0.39, 0.29) is 5.91 Å². The van der Waals surface area contributed by atoms with E-state index in [0.717, 1.165) is 16.9 Å². The zero-order valence-electron chi connectivity index (χ0n) is 20.4. The summed E-state index contributed by atoms with van der Waals surface area (Å²) in [6.07, 6.45) is 0.539. The predicted octanol–water partition coefficient (Wildman–Crippen LogP) is 4.77. The first-order valence-corrected chi connectivity index (χ1v) is 11.8. The van der Waals surface area contributed by atoms with Gasteiger partial charge < -0.3 is 28.8 Å². The molecule has 0 aliphatic carbocycles. The van der Waals surface area contributed by atoms with E-state index in [4.69, 9.17) is 35.5 Å². The molecular weight excluding hydrogens is 482 g/mol. The molecule has 4 rings (SSSR count). The van der Waals surface area contributed by atoms with Crippen molar-refractivity contribution >= 4 is 28.5 Å². The first-order valence-electron chi connectivity index (χ1n) is 11.5. The highest BCUT2D eigenvalue weighted by Crippen LogP contribution is 2.38. The van der Waals surface area contributed by atoms with Crippen molar-refractivity contribution < 1.29 is 23.7 Å². The average molecular weight is 510 g/mol. The van der Waals surface area contributed by atoms with Crippen molar-refractivity contribution in [2.75, 3.05) is 34.5 Å². The van der Waals surface area contributed by atoms with Gasteiger partial charge in [-0.05, 0) is 36.4 Å². The quantitative estimate of drug-likeness (QED) is 0.313. The number of nitrogens with zero attached hydrogens (tertiary/aromatic N) is 2. The highest BCUT2D eigenvalue weighted by atomic mass is 35.5. The summed E-state index contributed by atoms with van der Waals surface area (Å²) in [5.74, 6) is 2.51. The predicted molar refractivity (Wildman–Crippen MR) is 139 cm³/mol. The Labute approximate surface area is 214 Å². The number of nitrogens with one attached hydrogen (secondary N) is 1. The van der Waals surface area contributed by atoms with Crippen molar-refractivity contribution in [3.63, 3.8) is 0 Å². The Bertz CT molecular complexity index is 1330. The van der Waals surface area contributed by atoms with Crippen molar-refractivity contribution in [1.29, 1.82) is 0 Å². The topological polar surface area (TPSA) is 83.8 Å². The minimum atomic E-state index is -0.251. The van der Waals surface area contributed by atoms with Crippen molar-refractivity contribution in [3.05, 3.63) is 77.1 Å². The van der Waals surface area contributed by atoms with Gasteiger partial charge in [0.1, 0.15) is 18.2 Å². The maximum Gasteiger partial charge on any atom is 0.251 e. The second-order valence-corrected chi connectivity index (χ2v) is 8.27. The number of hydrogen-bond donors (Lipinski definition) is 1. The van der Waals surface area contributed by atoms with Crippen LogP contribution in [0.3, 0.4) is 0 Å². The molecule has 0 bridgehead atoms. The number of imidazole rings is 1. The Balaban J connectivity index is 1.45. The van der Waals surface area contributed by atoms with E-state index in [2.05, 4.69) is 9.88 Å². The number of rotatable bonds is 11. The number of halogens is 1. The second-order valence-electron chi connectivity index (χ2n) is 7.87. The van der Waals surface area contributed by atoms with Gasteiger partial charge in [0, 0.05) is 18.5 Å². The van der Waals surface area contributed by atoms with E-state index >= 15 is 0 Å². The molecular formula is C27H28ClN3O5. The van der Waals surface area contributed by atoms with Crippen molar-refractivity contribution in [2.45, 2.75) is 13.0 Å². The van der Waals surface area contributed by atoms with Gasteiger partial charge in [-0.3, -0.25) is 4.79 Å². The zero-order chi connectivity index (χ0) is 25.5. The monoisotopic (exact) mass is 509 g/mol. The number of benzene rings is 3. The lowest BCUT2D eigenvalue weighted by Gasteiger charge is -2.14. The Morgan fingerprint density at radius 2 is 1.64 bits per heavy atom. The summed E-state index contributed by atoms with van der Waals surface area (Å²) in [5, 5.41) is 3.53. The summed E-state index contributed by atoms with van der Waals surface area (Å²) in [7, 11) is 4.55.